The van der Waals surface area contributed by atoms with E-state index in [0.717, 1.165) is 49.9 Å². The zero-order valence-electron chi connectivity index (χ0n) is 16.8. The van der Waals surface area contributed by atoms with Gasteiger partial charge in [0.2, 0.25) is 0 Å². The van der Waals surface area contributed by atoms with Crippen LogP contribution in [0, 0.1) is 0 Å². The number of nitrogens with zero attached hydrogens (tertiary/aromatic N) is 3. The van der Waals surface area contributed by atoms with Crippen LogP contribution in [0.25, 0.3) is 0 Å². The lowest BCUT2D eigenvalue weighted by Gasteiger charge is -2.33. The largest absolute Gasteiger partial charge is 0.493 e. The molecule has 4 rings (SSSR count). The Morgan fingerprint density at radius 3 is 2.71 bits per heavy atom. The maximum Gasteiger partial charge on any atom is 0.185 e. The van der Waals surface area contributed by atoms with Crippen molar-refractivity contribution in [3.05, 3.63) is 29.3 Å². The quantitative estimate of drug-likeness (QED) is 0.759. The van der Waals surface area contributed by atoms with Gasteiger partial charge >= 0.3 is 0 Å². The van der Waals surface area contributed by atoms with Crippen LogP contribution in [0.2, 0.25) is 0 Å². The minimum absolute atomic E-state index is 0.442. The lowest BCUT2D eigenvalue weighted by atomic mass is 10.1. The molecule has 1 aromatic carbocycles. The van der Waals surface area contributed by atoms with E-state index < -0.39 is 0 Å². The number of hydrogen-bond acceptors (Lipinski definition) is 7. The van der Waals surface area contributed by atoms with Crippen molar-refractivity contribution in [1.29, 1.82) is 0 Å². The summed E-state index contributed by atoms with van der Waals surface area (Å²) in [6.45, 7) is 5.52. The number of anilines is 2. The molecule has 2 saturated heterocycles. The number of hydrogen-bond donors (Lipinski definition) is 1. The number of rotatable bonds is 7. The topological polar surface area (TPSA) is 49.9 Å². The first kappa shape index (κ1) is 19.3. The van der Waals surface area contributed by atoms with Gasteiger partial charge in [-0.3, -0.25) is 4.90 Å². The highest BCUT2D eigenvalue weighted by molar-refractivity contribution is 7.15. The number of benzene rings is 1. The molecular formula is C21H30N4O2S. The van der Waals surface area contributed by atoms with Crippen molar-refractivity contribution in [2.45, 2.75) is 38.3 Å². The number of ether oxygens (including phenoxy) is 2. The Kier molecular flexibility index (Phi) is 6.22. The molecule has 7 heteroatoms. The van der Waals surface area contributed by atoms with Crippen LogP contribution in [0.3, 0.4) is 0 Å². The van der Waals surface area contributed by atoms with Gasteiger partial charge in [0.25, 0.3) is 0 Å². The standard InChI is InChI=1S/C21H30N4O2S/c1-26-19-8-7-16(12-20(19)27-2)23-17-6-5-9-24(14-17)15-18-13-22-21(28-18)25-10-3-4-11-25/h7-8,12-13,17,23H,3-6,9-11,14-15H2,1-2H3. The molecule has 2 aliphatic rings. The number of thiazole rings is 1. The molecule has 2 aliphatic heterocycles. The van der Waals surface area contributed by atoms with Gasteiger partial charge in [0.15, 0.2) is 16.6 Å². The Hall–Kier alpha value is -1.99. The molecular weight excluding hydrogens is 372 g/mol. The second kappa shape index (κ2) is 9.01. The molecule has 1 N–H and O–H groups in total. The molecule has 2 aromatic rings. The molecule has 0 radical (unpaired) electrons. The highest BCUT2D eigenvalue weighted by Gasteiger charge is 2.22. The fourth-order valence-electron chi connectivity index (χ4n) is 4.12. The predicted molar refractivity (Wildman–Crippen MR) is 115 cm³/mol. The lowest BCUT2D eigenvalue weighted by molar-refractivity contribution is 0.210. The van der Waals surface area contributed by atoms with E-state index in [1.54, 1.807) is 14.2 Å². The van der Waals surface area contributed by atoms with Gasteiger partial charge in [-0.15, -0.1) is 11.3 Å². The van der Waals surface area contributed by atoms with Crippen LogP contribution in [0.5, 0.6) is 11.5 Å². The summed E-state index contributed by atoms with van der Waals surface area (Å²) in [7, 11) is 3.34. The Morgan fingerprint density at radius 1 is 1.11 bits per heavy atom. The predicted octanol–water partition coefficient (Wildman–Crippen LogP) is 3.84. The number of likely N-dealkylation sites (tertiary alicyclic amines) is 1. The summed E-state index contributed by atoms with van der Waals surface area (Å²) in [4.78, 5) is 11.0. The van der Waals surface area contributed by atoms with Crippen LogP contribution in [0.1, 0.15) is 30.6 Å². The molecule has 0 saturated carbocycles. The van der Waals surface area contributed by atoms with E-state index in [9.17, 15) is 0 Å². The van der Waals surface area contributed by atoms with Crippen LogP contribution in [-0.2, 0) is 6.54 Å². The Morgan fingerprint density at radius 2 is 1.93 bits per heavy atom. The van der Waals surface area contributed by atoms with Crippen molar-refractivity contribution in [3.8, 4) is 11.5 Å². The summed E-state index contributed by atoms with van der Waals surface area (Å²) >= 11 is 1.86. The number of piperidine rings is 1. The highest BCUT2D eigenvalue weighted by atomic mass is 32.1. The van der Waals surface area contributed by atoms with Crippen molar-refractivity contribution in [3.63, 3.8) is 0 Å². The molecule has 0 aliphatic carbocycles. The minimum Gasteiger partial charge on any atom is -0.493 e. The highest BCUT2D eigenvalue weighted by Crippen LogP contribution is 2.31. The van der Waals surface area contributed by atoms with Crippen molar-refractivity contribution < 1.29 is 9.47 Å². The van der Waals surface area contributed by atoms with E-state index >= 15 is 0 Å². The molecule has 0 spiro atoms. The minimum atomic E-state index is 0.442. The van der Waals surface area contributed by atoms with E-state index in [1.165, 1.54) is 35.7 Å². The third-order valence-corrected chi connectivity index (χ3v) is 6.60. The maximum atomic E-state index is 5.43. The number of aromatic nitrogens is 1. The van der Waals surface area contributed by atoms with Crippen LogP contribution in [0.15, 0.2) is 24.4 Å². The van der Waals surface area contributed by atoms with Gasteiger partial charge in [0, 0.05) is 55.0 Å². The zero-order chi connectivity index (χ0) is 19.3. The van der Waals surface area contributed by atoms with E-state index in [2.05, 4.69) is 32.4 Å². The summed E-state index contributed by atoms with van der Waals surface area (Å²) in [6, 6.07) is 6.48. The van der Waals surface area contributed by atoms with Gasteiger partial charge in [0.1, 0.15) is 0 Å². The molecule has 2 fully saturated rings. The fourth-order valence-corrected chi connectivity index (χ4v) is 5.13. The zero-order valence-corrected chi connectivity index (χ0v) is 17.6. The molecule has 0 amide bonds. The van der Waals surface area contributed by atoms with Crippen LogP contribution in [-0.4, -0.2) is 56.3 Å². The first-order valence-electron chi connectivity index (χ1n) is 10.2. The van der Waals surface area contributed by atoms with Crippen LogP contribution in [0.4, 0.5) is 10.8 Å². The van der Waals surface area contributed by atoms with Gasteiger partial charge in [0.05, 0.1) is 14.2 Å². The third kappa shape index (κ3) is 4.52. The third-order valence-electron chi connectivity index (χ3n) is 5.56. The first-order valence-corrected chi connectivity index (χ1v) is 11.0. The molecule has 1 atom stereocenters. The van der Waals surface area contributed by atoms with E-state index in [1.807, 2.05) is 23.5 Å². The summed E-state index contributed by atoms with van der Waals surface area (Å²) < 4.78 is 10.8. The monoisotopic (exact) mass is 402 g/mol. The Labute approximate surface area is 171 Å². The van der Waals surface area contributed by atoms with Gasteiger partial charge in [-0.2, -0.15) is 0 Å². The molecule has 3 heterocycles. The molecule has 1 unspecified atom stereocenters. The fraction of sp³-hybridized carbons (Fsp3) is 0.571. The van der Waals surface area contributed by atoms with Crippen LogP contribution < -0.4 is 19.7 Å². The Bertz CT molecular complexity index is 776. The molecule has 0 bridgehead atoms. The molecule has 28 heavy (non-hydrogen) atoms. The van der Waals surface area contributed by atoms with Gasteiger partial charge < -0.3 is 19.7 Å². The van der Waals surface area contributed by atoms with Crippen molar-refractivity contribution in [2.24, 2.45) is 0 Å². The molecule has 6 nitrogen and oxygen atoms in total. The summed E-state index contributed by atoms with van der Waals surface area (Å²) in [6.07, 6.45) is 7.06. The summed E-state index contributed by atoms with van der Waals surface area (Å²) in [5, 5.41) is 4.87. The number of nitrogens with one attached hydrogen (secondary N) is 1. The Balaban J connectivity index is 1.34. The second-order valence-electron chi connectivity index (χ2n) is 7.59. The van der Waals surface area contributed by atoms with Gasteiger partial charge in [-0.25, -0.2) is 4.98 Å². The van der Waals surface area contributed by atoms with E-state index in [4.69, 9.17) is 9.47 Å². The average molecular weight is 403 g/mol. The number of methoxy groups -OCH3 is 2. The first-order chi connectivity index (χ1) is 13.7. The average Bonchev–Trinajstić information content (AvgIpc) is 3.40. The maximum absolute atomic E-state index is 5.43. The van der Waals surface area contributed by atoms with E-state index in [-0.39, 0.29) is 0 Å². The van der Waals surface area contributed by atoms with Gasteiger partial charge in [-0.1, -0.05) is 0 Å². The van der Waals surface area contributed by atoms with Crippen LogP contribution >= 0.6 is 11.3 Å². The molecule has 152 valence electrons. The van der Waals surface area contributed by atoms with Gasteiger partial charge in [-0.05, 0) is 44.4 Å². The SMILES string of the molecule is COc1ccc(NC2CCCN(Cc3cnc(N4CCCC4)s3)C2)cc1OC. The lowest BCUT2D eigenvalue weighted by Crippen LogP contribution is -2.41. The molecule has 1 aromatic heterocycles. The smallest absolute Gasteiger partial charge is 0.185 e. The normalized spacial score (nSPS) is 20.4. The summed E-state index contributed by atoms with van der Waals surface area (Å²) in [5.74, 6) is 1.52. The summed E-state index contributed by atoms with van der Waals surface area (Å²) in [5.41, 5.74) is 1.08. The van der Waals surface area contributed by atoms with Crippen molar-refractivity contribution >= 4 is 22.2 Å². The second-order valence-corrected chi connectivity index (χ2v) is 8.69. The van der Waals surface area contributed by atoms with Crippen molar-refractivity contribution in [2.75, 3.05) is 50.6 Å². The van der Waals surface area contributed by atoms with E-state index in [0.29, 0.717) is 6.04 Å². The van der Waals surface area contributed by atoms with Crippen molar-refractivity contribution in [1.82, 2.24) is 9.88 Å².